The molecule has 27 nitrogen and oxygen atoms in total. The number of aliphatic hydroxyl groups excluding tert-OH is 1. The van der Waals surface area contributed by atoms with E-state index in [1.807, 2.05) is 27.7 Å². The van der Waals surface area contributed by atoms with Crippen LogP contribution in [0.2, 0.25) is 0 Å². The van der Waals surface area contributed by atoms with Gasteiger partial charge in [0.25, 0.3) is 0 Å². The zero-order valence-electron chi connectivity index (χ0n) is 43.3. The topological polar surface area (TPSA) is 468 Å². The number of carbonyl (C=O) groups is 10. The van der Waals surface area contributed by atoms with Crippen LogP contribution in [-0.4, -0.2) is 157 Å². The quantitative estimate of drug-likeness (QED) is 0.0158. The van der Waals surface area contributed by atoms with Crippen molar-refractivity contribution in [2.24, 2.45) is 51.2 Å². The Hall–Kier alpha value is -6.19. The Morgan fingerprint density at radius 1 is 0.431 bits per heavy atom. The van der Waals surface area contributed by atoms with Crippen LogP contribution in [0.1, 0.15) is 120 Å². The Bertz CT molecular complexity index is 1810. The molecule has 0 aliphatic heterocycles. The molecule has 0 aromatic carbocycles. The summed E-state index contributed by atoms with van der Waals surface area (Å²) in [6.07, 6.45) is 0.749. The lowest BCUT2D eigenvalue weighted by molar-refractivity contribution is -0.137. The number of carbonyl (C=O) groups excluding carboxylic acids is 10. The highest BCUT2D eigenvalue weighted by Gasteiger charge is 2.35. The number of nitrogens with zero attached hydrogens (tertiary/aromatic N) is 1. The lowest BCUT2D eigenvalue weighted by Crippen LogP contribution is -2.61. The van der Waals surface area contributed by atoms with Crippen molar-refractivity contribution >= 4 is 65.0 Å². The van der Waals surface area contributed by atoms with Crippen LogP contribution in [0.4, 0.5) is 0 Å². The molecular weight excluding hydrogens is 941 g/mol. The van der Waals surface area contributed by atoms with Gasteiger partial charge in [0, 0.05) is 6.54 Å². The predicted octanol–water partition coefficient (Wildman–Crippen LogP) is -5.36. The fourth-order valence-corrected chi connectivity index (χ4v) is 6.92. The zero-order chi connectivity index (χ0) is 55.2. The van der Waals surface area contributed by atoms with Crippen LogP contribution in [0, 0.1) is 11.8 Å². The Morgan fingerprint density at radius 3 is 1.21 bits per heavy atom. The van der Waals surface area contributed by atoms with E-state index < -0.39 is 120 Å². The first-order valence-electron chi connectivity index (χ1n) is 24.5. The molecule has 0 saturated heterocycles. The highest BCUT2D eigenvalue weighted by atomic mass is 16.3. The Kier molecular flexibility index (Phi) is 32.0. The minimum absolute atomic E-state index is 0.00426. The number of nitrogens with two attached hydrogens (primary N) is 6. The van der Waals surface area contributed by atoms with E-state index in [1.54, 1.807) is 0 Å². The van der Waals surface area contributed by atoms with Gasteiger partial charge in [0.1, 0.15) is 54.4 Å². The maximum atomic E-state index is 14.0. The standard InChI is InChI=1S/C45H86N16O11/c1-23(2)20-32(36(49)64)59-39(67)27(7)55-44(72)35(28(8)62)61-42(70)30(15-10-12-18-47)56-38(66)26(6)54-40(68)31(16-13-19-52-45(50)51)57-41(69)29(14-9-11-17-46)58-43(71)33(21-24(3)4)60-37(65)25(5)53-34(63)22-48/h23-33,35,62H,9-22,46-48H2,1-8H3,(H2,49,64)(H,53,63)(H,54,68)(H,55,72)(H,56,66)(H,57,69)(H,58,71)(H,59,67)(H,60,65)(H,61,70)(H4,50,51,52)/t25-,26-,27-,28+,29-,30-,31-,32-,33-,35-/m0/s1. The largest absolute Gasteiger partial charge is 0.391 e. The number of amides is 10. The summed E-state index contributed by atoms with van der Waals surface area (Å²) in [6, 6.07) is -11.3. The minimum atomic E-state index is -1.62. The number of hydrogen-bond acceptors (Lipinski definition) is 15. The molecular formula is C45H86N16O11. The van der Waals surface area contributed by atoms with E-state index >= 15 is 0 Å². The van der Waals surface area contributed by atoms with Crippen molar-refractivity contribution in [2.45, 2.75) is 180 Å². The monoisotopic (exact) mass is 1030 g/mol. The number of nitrogens with one attached hydrogen (secondary N) is 9. The van der Waals surface area contributed by atoms with Crippen LogP contribution in [0.5, 0.6) is 0 Å². The molecule has 0 unspecified atom stereocenters. The number of aliphatic hydroxyl groups is 1. The van der Waals surface area contributed by atoms with Crippen LogP contribution in [0.3, 0.4) is 0 Å². The fourth-order valence-electron chi connectivity index (χ4n) is 6.92. The highest BCUT2D eigenvalue weighted by molar-refractivity contribution is 5.98. The molecule has 0 fully saturated rings. The van der Waals surface area contributed by atoms with Crippen molar-refractivity contribution in [2.75, 3.05) is 26.2 Å². The lowest BCUT2D eigenvalue weighted by atomic mass is 10.0. The second kappa shape index (κ2) is 35.0. The van der Waals surface area contributed by atoms with Crippen LogP contribution < -0.4 is 82.3 Å². The van der Waals surface area contributed by atoms with Crippen LogP contribution >= 0.6 is 0 Å². The molecule has 0 aliphatic rings. The van der Waals surface area contributed by atoms with Gasteiger partial charge in [-0.15, -0.1) is 0 Å². The first kappa shape index (κ1) is 65.8. The van der Waals surface area contributed by atoms with E-state index in [2.05, 4.69) is 52.8 Å². The molecule has 0 spiro atoms. The third kappa shape index (κ3) is 26.9. The van der Waals surface area contributed by atoms with E-state index in [4.69, 9.17) is 34.4 Å². The summed E-state index contributed by atoms with van der Waals surface area (Å²) in [6.45, 7) is 12.8. The molecule has 0 heterocycles. The number of primary amides is 1. The molecule has 412 valence electrons. The number of rotatable bonds is 36. The molecule has 0 radical (unpaired) electrons. The first-order valence-corrected chi connectivity index (χ1v) is 24.5. The number of unbranched alkanes of at least 4 members (excludes halogenated alkanes) is 2. The normalized spacial score (nSPS) is 15.3. The van der Waals surface area contributed by atoms with Gasteiger partial charge in [0.2, 0.25) is 59.1 Å². The summed E-state index contributed by atoms with van der Waals surface area (Å²) in [7, 11) is 0. The molecule has 10 amide bonds. The Balaban J connectivity index is 6.44. The summed E-state index contributed by atoms with van der Waals surface area (Å²) >= 11 is 0. The maximum Gasteiger partial charge on any atom is 0.245 e. The average molecular weight is 1030 g/mol. The number of aliphatic imine (C=N–C) groups is 1. The lowest BCUT2D eigenvalue weighted by Gasteiger charge is -2.28. The number of guanidine groups is 1. The summed E-state index contributed by atoms with van der Waals surface area (Å²) < 4.78 is 0. The van der Waals surface area contributed by atoms with Gasteiger partial charge >= 0.3 is 0 Å². The first-order chi connectivity index (χ1) is 33.7. The van der Waals surface area contributed by atoms with Crippen LogP contribution in [0.25, 0.3) is 0 Å². The SMILES string of the molecule is CC(C)C[C@H](NC(=O)[C@H](C)NC(=O)[C@@H](NC(=O)[C@H](CCCCN)NC(=O)[C@H](C)NC(=O)[C@H](CCCN=C(N)N)NC(=O)[C@H](CCCCN)NC(=O)[C@H](CC(C)C)NC(=O)[C@H](C)NC(=O)CN)[C@@H](C)O)C(N)=O. The zero-order valence-corrected chi connectivity index (χ0v) is 43.3. The van der Waals surface area contributed by atoms with Gasteiger partial charge in [0.15, 0.2) is 5.96 Å². The van der Waals surface area contributed by atoms with Gasteiger partial charge in [-0.25, -0.2) is 0 Å². The average Bonchev–Trinajstić information content (AvgIpc) is 3.29. The predicted molar refractivity (Wildman–Crippen MR) is 269 cm³/mol. The highest BCUT2D eigenvalue weighted by Crippen LogP contribution is 2.11. The van der Waals surface area contributed by atoms with E-state index in [0.29, 0.717) is 25.7 Å². The van der Waals surface area contributed by atoms with Gasteiger partial charge in [-0.1, -0.05) is 27.7 Å². The molecule has 0 aliphatic carbocycles. The summed E-state index contributed by atoms with van der Waals surface area (Å²) in [5, 5.41) is 33.4. The van der Waals surface area contributed by atoms with E-state index in [1.165, 1.54) is 27.7 Å². The van der Waals surface area contributed by atoms with Gasteiger partial charge in [-0.2, -0.15) is 0 Å². The summed E-state index contributed by atoms with van der Waals surface area (Å²) in [5.74, 6) is -8.09. The summed E-state index contributed by atoms with van der Waals surface area (Å²) in [5.41, 5.74) is 33.1. The van der Waals surface area contributed by atoms with Crippen molar-refractivity contribution in [1.29, 1.82) is 0 Å². The van der Waals surface area contributed by atoms with Crippen molar-refractivity contribution in [1.82, 2.24) is 47.9 Å². The molecule has 22 N–H and O–H groups in total. The van der Waals surface area contributed by atoms with Crippen molar-refractivity contribution in [3.63, 3.8) is 0 Å². The van der Waals surface area contributed by atoms with Crippen molar-refractivity contribution < 1.29 is 53.1 Å². The smallest absolute Gasteiger partial charge is 0.245 e. The Labute approximate surface area is 422 Å². The van der Waals surface area contributed by atoms with Crippen LogP contribution in [0.15, 0.2) is 4.99 Å². The molecule has 0 bridgehead atoms. The molecule has 72 heavy (non-hydrogen) atoms. The molecule has 0 aromatic heterocycles. The van der Waals surface area contributed by atoms with Gasteiger partial charge in [-0.3, -0.25) is 52.9 Å². The maximum absolute atomic E-state index is 14.0. The number of hydrogen-bond donors (Lipinski definition) is 16. The van der Waals surface area contributed by atoms with E-state index in [-0.39, 0.29) is 82.5 Å². The molecule has 27 heteroatoms. The molecule has 0 aromatic rings. The van der Waals surface area contributed by atoms with Gasteiger partial charge in [-0.05, 0) is 117 Å². The van der Waals surface area contributed by atoms with Crippen molar-refractivity contribution in [3.05, 3.63) is 0 Å². The molecule has 10 atom stereocenters. The van der Waals surface area contributed by atoms with Crippen molar-refractivity contribution in [3.8, 4) is 0 Å². The second-order valence-corrected chi connectivity index (χ2v) is 18.7. The van der Waals surface area contributed by atoms with Gasteiger partial charge in [0.05, 0.1) is 12.6 Å². The third-order valence-electron chi connectivity index (χ3n) is 11.0. The third-order valence-corrected chi connectivity index (χ3v) is 11.0. The van der Waals surface area contributed by atoms with E-state index in [9.17, 15) is 53.1 Å². The van der Waals surface area contributed by atoms with E-state index in [0.717, 1.165) is 0 Å². The second-order valence-electron chi connectivity index (χ2n) is 18.7. The summed E-state index contributed by atoms with van der Waals surface area (Å²) in [4.78, 5) is 136. The van der Waals surface area contributed by atoms with Crippen LogP contribution in [-0.2, 0) is 47.9 Å². The van der Waals surface area contributed by atoms with Gasteiger partial charge < -0.3 is 87.4 Å². The minimum Gasteiger partial charge on any atom is -0.391 e. The molecule has 0 saturated carbocycles. The molecule has 0 rings (SSSR count). The Morgan fingerprint density at radius 2 is 0.792 bits per heavy atom. The fraction of sp³-hybridized carbons (Fsp3) is 0.756.